The lowest BCUT2D eigenvalue weighted by molar-refractivity contribution is 0.396. The molecule has 0 bridgehead atoms. The first kappa shape index (κ1) is 22.9. The maximum atomic E-state index is 9.39. The summed E-state index contributed by atoms with van der Waals surface area (Å²) in [4.78, 5) is 12.8. The fourth-order valence-corrected chi connectivity index (χ4v) is 4.29. The lowest BCUT2D eigenvalue weighted by Gasteiger charge is -2.30. The van der Waals surface area contributed by atoms with Crippen molar-refractivity contribution in [2.45, 2.75) is 33.2 Å². The minimum Gasteiger partial charge on any atom is -0.355 e. The predicted octanol–water partition coefficient (Wildman–Crippen LogP) is 5.64. The molecule has 8 heteroatoms. The molecule has 3 heterocycles. The smallest absolute Gasteiger partial charge is 0.140 e. The highest BCUT2D eigenvalue weighted by molar-refractivity contribution is 6.32. The average molecular weight is 457 g/mol. The maximum absolute atomic E-state index is 9.39. The van der Waals surface area contributed by atoms with E-state index in [4.69, 9.17) is 28.2 Å². The molecule has 6 nitrogen and oxygen atoms in total. The van der Waals surface area contributed by atoms with Crippen molar-refractivity contribution in [3.8, 4) is 6.07 Å². The molecule has 3 rings (SSSR count). The third-order valence-corrected chi connectivity index (χ3v) is 5.67. The topological polar surface area (TPSA) is 61.0 Å². The molecule has 0 aliphatic carbocycles. The molecule has 0 aromatic carbocycles. The van der Waals surface area contributed by atoms with Crippen LogP contribution in [0.25, 0.3) is 11.0 Å². The molecule has 31 heavy (non-hydrogen) atoms. The van der Waals surface area contributed by atoms with Crippen LogP contribution in [0.15, 0.2) is 36.3 Å². The first-order valence-electron chi connectivity index (χ1n) is 9.95. The number of hydrogen-bond acceptors (Lipinski definition) is 5. The van der Waals surface area contributed by atoms with Gasteiger partial charge < -0.3 is 14.4 Å². The lowest BCUT2D eigenvalue weighted by atomic mass is 9.98. The fourth-order valence-electron chi connectivity index (χ4n) is 3.84. The van der Waals surface area contributed by atoms with Crippen molar-refractivity contribution in [1.82, 2.24) is 19.4 Å². The van der Waals surface area contributed by atoms with Crippen LogP contribution in [0.2, 0.25) is 10.3 Å². The molecule has 0 saturated heterocycles. The number of nitriles is 1. The first-order chi connectivity index (χ1) is 14.6. The number of aromatic nitrogens is 3. The van der Waals surface area contributed by atoms with E-state index in [0.29, 0.717) is 28.6 Å². The second-order valence-corrected chi connectivity index (χ2v) is 8.77. The van der Waals surface area contributed by atoms with E-state index in [0.717, 1.165) is 17.0 Å². The molecule has 0 radical (unpaired) electrons. The van der Waals surface area contributed by atoms with Gasteiger partial charge in [0.25, 0.3) is 0 Å². The van der Waals surface area contributed by atoms with Crippen molar-refractivity contribution in [2.24, 2.45) is 7.05 Å². The Balaban J connectivity index is 1.99. The molecule has 3 aromatic rings. The molecule has 0 spiro atoms. The van der Waals surface area contributed by atoms with Crippen LogP contribution in [0.5, 0.6) is 0 Å². The van der Waals surface area contributed by atoms with Crippen LogP contribution >= 0.6 is 23.2 Å². The van der Waals surface area contributed by atoms with Crippen LogP contribution in [0.4, 0.5) is 5.69 Å². The molecule has 162 valence electrons. The number of hydrogen-bond donors (Lipinski definition) is 0. The van der Waals surface area contributed by atoms with Gasteiger partial charge in [0.15, 0.2) is 0 Å². The van der Waals surface area contributed by atoms with Crippen LogP contribution in [0.3, 0.4) is 0 Å². The summed E-state index contributed by atoms with van der Waals surface area (Å²) >= 11 is 12.1. The Morgan fingerprint density at radius 2 is 1.84 bits per heavy atom. The number of aryl methyl sites for hydroxylation is 2. The Morgan fingerprint density at radius 1 is 1.19 bits per heavy atom. The Kier molecular flexibility index (Phi) is 6.78. The summed E-state index contributed by atoms with van der Waals surface area (Å²) in [7, 11) is 5.81. The lowest BCUT2D eigenvalue weighted by Crippen LogP contribution is -2.30. The van der Waals surface area contributed by atoms with Gasteiger partial charge in [0.2, 0.25) is 0 Å². The molecule has 0 saturated carbocycles. The normalized spacial score (nSPS) is 11.8. The zero-order chi connectivity index (χ0) is 22.9. The highest BCUT2D eigenvalue weighted by Crippen LogP contribution is 2.30. The first-order valence-corrected chi connectivity index (χ1v) is 10.7. The SMILES string of the molecule is Cc1cn(C)c2nc(CN(C)/C(=C/C#N)N(C)c3cc(Cl)nc(Cl)c3)cc(C(C)C)c12. The number of nitrogens with zero attached hydrogens (tertiary/aromatic N) is 6. The van der Waals surface area contributed by atoms with Gasteiger partial charge in [-0.1, -0.05) is 37.0 Å². The van der Waals surface area contributed by atoms with E-state index in [2.05, 4.69) is 48.7 Å². The van der Waals surface area contributed by atoms with E-state index in [9.17, 15) is 5.26 Å². The van der Waals surface area contributed by atoms with Gasteiger partial charge in [-0.2, -0.15) is 5.26 Å². The van der Waals surface area contributed by atoms with Crippen LogP contribution in [-0.4, -0.2) is 33.5 Å². The van der Waals surface area contributed by atoms with Crippen molar-refractivity contribution >= 4 is 39.9 Å². The van der Waals surface area contributed by atoms with Gasteiger partial charge >= 0.3 is 0 Å². The number of anilines is 1. The van der Waals surface area contributed by atoms with Gasteiger partial charge in [0.05, 0.1) is 24.4 Å². The van der Waals surface area contributed by atoms with Gasteiger partial charge in [-0.25, -0.2) is 9.97 Å². The van der Waals surface area contributed by atoms with Crippen molar-refractivity contribution in [3.63, 3.8) is 0 Å². The van der Waals surface area contributed by atoms with Gasteiger partial charge in [-0.05, 0) is 42.2 Å². The third-order valence-electron chi connectivity index (χ3n) is 5.28. The van der Waals surface area contributed by atoms with Crippen LogP contribution < -0.4 is 4.90 Å². The molecule has 0 aliphatic heterocycles. The second-order valence-electron chi connectivity index (χ2n) is 8.00. The van der Waals surface area contributed by atoms with Crippen LogP contribution in [-0.2, 0) is 13.6 Å². The summed E-state index contributed by atoms with van der Waals surface area (Å²) in [6, 6.07) is 7.72. The Hall–Kier alpha value is -2.75. The molecular formula is C23H26Cl2N6. The second kappa shape index (κ2) is 9.17. The van der Waals surface area contributed by atoms with E-state index >= 15 is 0 Å². The van der Waals surface area contributed by atoms with Crippen molar-refractivity contribution in [2.75, 3.05) is 19.0 Å². The van der Waals surface area contributed by atoms with E-state index in [1.54, 1.807) is 12.1 Å². The largest absolute Gasteiger partial charge is 0.355 e. The molecule has 0 aliphatic rings. The zero-order valence-corrected chi connectivity index (χ0v) is 20.1. The summed E-state index contributed by atoms with van der Waals surface area (Å²) in [6.45, 7) is 7.04. The molecule has 0 amide bonds. The molecule has 0 unspecified atom stereocenters. The van der Waals surface area contributed by atoms with E-state index in [1.807, 2.05) is 30.9 Å². The Labute approximate surface area is 193 Å². The number of halogens is 2. The standard InChI is InChI=1S/C23H26Cl2N6/c1-14(2)18-9-16(27-23-22(18)15(3)12-30(23)5)13-29(4)21(7-8-26)31(6)17-10-19(24)28-20(25)11-17/h7,9-12,14H,13H2,1-6H3/b21-7-. The fraction of sp³-hybridized carbons (Fsp3) is 0.348. The van der Waals surface area contributed by atoms with Gasteiger partial charge in [0.1, 0.15) is 21.8 Å². The number of fused-ring (bicyclic) bond motifs is 1. The summed E-state index contributed by atoms with van der Waals surface area (Å²) in [5.74, 6) is 1.06. The quantitative estimate of drug-likeness (QED) is 0.354. The minimum absolute atomic E-state index is 0.293. The number of pyridine rings is 2. The molecule has 0 fully saturated rings. The van der Waals surface area contributed by atoms with Crippen molar-refractivity contribution in [3.05, 3.63) is 63.4 Å². The number of allylic oxidation sites excluding steroid dienone is 1. The van der Waals surface area contributed by atoms with E-state index in [1.165, 1.54) is 22.6 Å². The number of rotatable bonds is 6. The van der Waals surface area contributed by atoms with Crippen molar-refractivity contribution in [1.29, 1.82) is 5.26 Å². The van der Waals surface area contributed by atoms with E-state index in [-0.39, 0.29) is 0 Å². The van der Waals surface area contributed by atoms with Crippen molar-refractivity contribution < 1.29 is 0 Å². The highest BCUT2D eigenvalue weighted by Gasteiger charge is 2.18. The summed E-state index contributed by atoms with van der Waals surface area (Å²) in [6.07, 6.45) is 3.61. The Morgan fingerprint density at radius 3 is 2.42 bits per heavy atom. The van der Waals surface area contributed by atoms with Gasteiger partial charge in [-0.15, -0.1) is 0 Å². The molecule has 0 N–H and O–H groups in total. The highest BCUT2D eigenvalue weighted by atomic mass is 35.5. The summed E-state index contributed by atoms with van der Waals surface area (Å²) < 4.78 is 2.07. The Bertz CT molecular complexity index is 1170. The van der Waals surface area contributed by atoms with Gasteiger partial charge in [0, 0.05) is 38.4 Å². The van der Waals surface area contributed by atoms with Crippen LogP contribution in [0, 0.1) is 18.3 Å². The van der Waals surface area contributed by atoms with Crippen LogP contribution in [0.1, 0.15) is 36.6 Å². The van der Waals surface area contributed by atoms with E-state index < -0.39 is 0 Å². The molecule has 0 atom stereocenters. The monoisotopic (exact) mass is 456 g/mol. The predicted molar refractivity (Wildman–Crippen MR) is 127 cm³/mol. The third kappa shape index (κ3) is 4.79. The zero-order valence-electron chi connectivity index (χ0n) is 18.6. The summed E-state index contributed by atoms with van der Waals surface area (Å²) in [5, 5.41) is 11.2. The molecule has 3 aromatic heterocycles. The van der Waals surface area contributed by atoms with Gasteiger partial charge in [-0.3, -0.25) is 0 Å². The average Bonchev–Trinajstić information content (AvgIpc) is 2.97. The molecular weight excluding hydrogens is 431 g/mol. The summed E-state index contributed by atoms with van der Waals surface area (Å²) in [5.41, 5.74) is 5.15. The maximum Gasteiger partial charge on any atom is 0.140 e. The minimum atomic E-state index is 0.293.